The van der Waals surface area contributed by atoms with Crippen molar-refractivity contribution in [2.45, 2.75) is 63.0 Å². The molecule has 174 valence electrons. The number of carbonyl (C=O) groups is 4. The van der Waals surface area contributed by atoms with Gasteiger partial charge in [0.05, 0.1) is 13.2 Å². The lowest BCUT2D eigenvalue weighted by Crippen LogP contribution is -2.55. The van der Waals surface area contributed by atoms with E-state index in [2.05, 4.69) is 4.74 Å². The van der Waals surface area contributed by atoms with Crippen LogP contribution in [0.5, 0.6) is 0 Å². The topological polar surface area (TPSA) is 84.0 Å². The number of hydrogen-bond acceptors (Lipinski definition) is 5. The minimum Gasteiger partial charge on any atom is -0.464 e. The van der Waals surface area contributed by atoms with Crippen molar-refractivity contribution in [2.75, 3.05) is 20.2 Å². The average molecular weight is 450 g/mol. The minimum absolute atomic E-state index is 0.0505. The van der Waals surface area contributed by atoms with Crippen LogP contribution in [0.4, 0.5) is 8.78 Å². The summed E-state index contributed by atoms with van der Waals surface area (Å²) < 4.78 is 32.3. The Labute approximate surface area is 185 Å². The van der Waals surface area contributed by atoms with Crippen LogP contribution in [-0.4, -0.2) is 71.6 Å². The summed E-state index contributed by atoms with van der Waals surface area (Å²) in [7, 11) is 0.779. The SMILES string of the molecule is COC(=O)C(F)(F)C(=O)C1CCCN1C(=O)[C@H]1CCCN1C(=O)CCCc1ccccc1. The molecule has 0 N–H and O–H groups in total. The fourth-order valence-electron chi connectivity index (χ4n) is 4.49. The molecule has 2 amide bonds. The van der Waals surface area contributed by atoms with E-state index in [9.17, 15) is 28.0 Å². The van der Waals surface area contributed by atoms with Gasteiger partial charge in [-0.05, 0) is 44.1 Å². The highest BCUT2D eigenvalue weighted by molar-refractivity contribution is 6.09. The fourth-order valence-corrected chi connectivity index (χ4v) is 4.49. The number of alkyl halides is 2. The summed E-state index contributed by atoms with van der Waals surface area (Å²) in [5.74, 6) is -8.54. The Morgan fingerprint density at radius 3 is 2.28 bits per heavy atom. The Morgan fingerprint density at radius 2 is 1.62 bits per heavy atom. The van der Waals surface area contributed by atoms with Gasteiger partial charge in [0.25, 0.3) is 0 Å². The van der Waals surface area contributed by atoms with Gasteiger partial charge in [-0.2, -0.15) is 8.78 Å². The van der Waals surface area contributed by atoms with Crippen molar-refractivity contribution in [3.63, 3.8) is 0 Å². The van der Waals surface area contributed by atoms with Gasteiger partial charge in [-0.25, -0.2) is 4.79 Å². The van der Waals surface area contributed by atoms with E-state index in [0.717, 1.165) is 24.0 Å². The number of halogens is 2. The number of hydrogen-bond donors (Lipinski definition) is 0. The molecular formula is C23H28F2N2O5. The van der Waals surface area contributed by atoms with Gasteiger partial charge >= 0.3 is 11.9 Å². The summed E-state index contributed by atoms with van der Waals surface area (Å²) in [4.78, 5) is 52.3. The molecule has 2 atom stereocenters. The van der Waals surface area contributed by atoms with Crippen molar-refractivity contribution >= 4 is 23.6 Å². The zero-order valence-corrected chi connectivity index (χ0v) is 18.1. The first-order chi connectivity index (χ1) is 15.3. The van der Waals surface area contributed by atoms with Crippen molar-refractivity contribution in [1.29, 1.82) is 0 Å². The lowest BCUT2D eigenvalue weighted by atomic mass is 10.0. The third-order valence-electron chi connectivity index (χ3n) is 6.15. The molecule has 9 heteroatoms. The third kappa shape index (κ3) is 4.97. The molecule has 1 aromatic rings. The van der Waals surface area contributed by atoms with Gasteiger partial charge in [-0.1, -0.05) is 30.3 Å². The van der Waals surface area contributed by atoms with Crippen molar-refractivity contribution in [2.24, 2.45) is 0 Å². The number of benzene rings is 1. The number of amides is 2. The van der Waals surface area contributed by atoms with Crippen LogP contribution in [-0.2, 0) is 30.3 Å². The maximum Gasteiger partial charge on any atom is 0.401 e. The molecule has 32 heavy (non-hydrogen) atoms. The van der Waals surface area contributed by atoms with Gasteiger partial charge in [0.2, 0.25) is 17.6 Å². The molecule has 0 radical (unpaired) electrons. The molecule has 0 aromatic heterocycles. The molecule has 1 unspecified atom stereocenters. The molecule has 2 aliphatic rings. The normalized spacial score (nSPS) is 21.0. The highest BCUT2D eigenvalue weighted by Gasteiger charge is 2.55. The summed E-state index contributed by atoms with van der Waals surface area (Å²) in [5, 5.41) is 0. The Morgan fingerprint density at radius 1 is 1.00 bits per heavy atom. The molecule has 7 nitrogen and oxygen atoms in total. The zero-order chi connectivity index (χ0) is 23.3. The number of nitrogens with zero attached hydrogens (tertiary/aromatic N) is 2. The first-order valence-corrected chi connectivity index (χ1v) is 10.9. The number of ether oxygens (including phenoxy) is 1. The van der Waals surface area contributed by atoms with E-state index in [1.54, 1.807) is 0 Å². The third-order valence-corrected chi connectivity index (χ3v) is 6.15. The molecule has 2 fully saturated rings. The van der Waals surface area contributed by atoms with Crippen LogP contribution in [0, 0.1) is 0 Å². The second kappa shape index (κ2) is 10.2. The van der Waals surface area contributed by atoms with Gasteiger partial charge in [-0.15, -0.1) is 0 Å². The van der Waals surface area contributed by atoms with E-state index < -0.39 is 35.7 Å². The van der Waals surface area contributed by atoms with Crippen LogP contribution in [0.1, 0.15) is 44.1 Å². The molecule has 1 aromatic carbocycles. The number of esters is 1. The van der Waals surface area contributed by atoms with Crippen molar-refractivity contribution in [1.82, 2.24) is 9.80 Å². The van der Waals surface area contributed by atoms with E-state index >= 15 is 0 Å². The zero-order valence-electron chi connectivity index (χ0n) is 18.1. The monoisotopic (exact) mass is 450 g/mol. The number of ketones is 1. The number of aryl methyl sites for hydroxylation is 1. The van der Waals surface area contributed by atoms with E-state index in [4.69, 9.17) is 0 Å². The molecule has 0 spiro atoms. The van der Waals surface area contributed by atoms with Gasteiger partial charge in [0.1, 0.15) is 6.04 Å². The maximum atomic E-state index is 14.1. The lowest BCUT2D eigenvalue weighted by Gasteiger charge is -2.31. The first kappa shape index (κ1) is 23.8. The second-order valence-corrected chi connectivity index (χ2v) is 8.20. The Hall–Kier alpha value is -2.84. The number of methoxy groups -OCH3 is 1. The van der Waals surface area contributed by atoms with E-state index in [0.29, 0.717) is 32.2 Å². The molecule has 0 saturated carbocycles. The van der Waals surface area contributed by atoms with Crippen molar-refractivity contribution in [3.8, 4) is 0 Å². The van der Waals surface area contributed by atoms with Crippen molar-refractivity contribution in [3.05, 3.63) is 35.9 Å². The lowest BCUT2D eigenvalue weighted by molar-refractivity contribution is -0.177. The number of rotatable bonds is 8. The Bertz CT molecular complexity index is 861. The largest absolute Gasteiger partial charge is 0.464 e. The van der Waals surface area contributed by atoms with Crippen LogP contribution in [0.2, 0.25) is 0 Å². The predicted molar refractivity (Wildman–Crippen MR) is 111 cm³/mol. The summed E-state index contributed by atoms with van der Waals surface area (Å²) >= 11 is 0. The van der Waals surface area contributed by atoms with Crippen LogP contribution < -0.4 is 0 Å². The van der Waals surface area contributed by atoms with Crippen LogP contribution in [0.15, 0.2) is 30.3 Å². The fraction of sp³-hybridized carbons (Fsp3) is 0.565. The van der Waals surface area contributed by atoms with Crippen LogP contribution in [0.25, 0.3) is 0 Å². The quantitative estimate of drug-likeness (QED) is 0.449. The summed E-state index contributed by atoms with van der Waals surface area (Å²) in [6.07, 6.45) is 3.13. The average Bonchev–Trinajstić information content (AvgIpc) is 3.48. The van der Waals surface area contributed by atoms with Gasteiger partial charge < -0.3 is 14.5 Å². The molecule has 3 rings (SSSR count). The Balaban J connectivity index is 1.63. The highest BCUT2D eigenvalue weighted by Crippen LogP contribution is 2.30. The number of carbonyl (C=O) groups excluding carboxylic acids is 4. The number of likely N-dealkylation sites (tertiary alicyclic amines) is 2. The standard InChI is InChI=1S/C23H28F2N2O5/c1-32-22(31)23(24,25)20(29)17-11-6-15-27(17)21(30)18-12-7-14-26(18)19(28)13-5-10-16-8-3-2-4-9-16/h2-4,8-9,17-18H,5-7,10-15H2,1H3/t17?,18-/m1/s1. The van der Waals surface area contributed by atoms with Crippen LogP contribution >= 0.6 is 0 Å². The number of Topliss-reactive ketones (excluding diaryl/α,β-unsaturated/α-hetero) is 1. The molecule has 2 saturated heterocycles. The van der Waals surface area contributed by atoms with E-state index in [1.807, 2.05) is 30.3 Å². The smallest absolute Gasteiger partial charge is 0.401 e. The summed E-state index contributed by atoms with van der Waals surface area (Å²) in [6, 6.07) is 7.61. The van der Waals surface area contributed by atoms with Gasteiger partial charge in [-0.3, -0.25) is 14.4 Å². The van der Waals surface area contributed by atoms with E-state index in [-0.39, 0.29) is 25.3 Å². The van der Waals surface area contributed by atoms with Crippen molar-refractivity contribution < 1.29 is 32.7 Å². The molecule has 0 aliphatic carbocycles. The molecule has 2 heterocycles. The second-order valence-electron chi connectivity index (χ2n) is 8.20. The summed E-state index contributed by atoms with van der Waals surface area (Å²) in [6.45, 7) is 0.560. The van der Waals surface area contributed by atoms with Gasteiger partial charge in [0, 0.05) is 19.5 Å². The molecular weight excluding hydrogens is 422 g/mol. The Kier molecular flexibility index (Phi) is 7.58. The molecule has 0 bridgehead atoms. The first-order valence-electron chi connectivity index (χ1n) is 10.9. The van der Waals surface area contributed by atoms with Crippen LogP contribution in [0.3, 0.4) is 0 Å². The maximum absolute atomic E-state index is 14.1. The van der Waals surface area contributed by atoms with E-state index in [1.165, 1.54) is 4.90 Å². The highest BCUT2D eigenvalue weighted by atomic mass is 19.3. The summed E-state index contributed by atoms with van der Waals surface area (Å²) in [5.41, 5.74) is 1.12. The van der Waals surface area contributed by atoms with Gasteiger partial charge in [0.15, 0.2) is 0 Å². The predicted octanol–water partition coefficient (Wildman–Crippen LogP) is 2.37. The molecule has 2 aliphatic heterocycles. The minimum atomic E-state index is -4.31.